The number of aliphatic imine (C=N–C) groups is 1. The number of hydrogen-bond acceptors (Lipinski definition) is 3. The van der Waals surface area contributed by atoms with Crippen LogP contribution in [0.4, 0.5) is 0 Å². The SMILES string of the molecule is [B]Cc1ccc2c3c(oc2n1)=C(C(/C=C/C=C/C=C)=N/C=C\C=C/C)C(C(C=CC)CC)CC=3. The van der Waals surface area contributed by atoms with E-state index >= 15 is 0 Å². The zero-order valence-corrected chi connectivity index (χ0v) is 20.4. The smallest absolute Gasteiger partial charge is 0.227 e. The van der Waals surface area contributed by atoms with Crippen molar-refractivity contribution in [2.45, 2.75) is 39.9 Å². The first-order chi connectivity index (χ1) is 16.7. The van der Waals surface area contributed by atoms with E-state index in [1.165, 1.54) is 0 Å². The Labute approximate surface area is 204 Å². The van der Waals surface area contributed by atoms with Crippen LogP contribution >= 0.6 is 0 Å². The molecule has 0 spiro atoms. The molecule has 0 saturated heterocycles. The molecule has 0 fully saturated rings. The topological polar surface area (TPSA) is 38.4 Å². The molecule has 2 aromatic rings. The Hall–Kier alpha value is -3.40. The van der Waals surface area contributed by atoms with Crippen molar-refractivity contribution in [3.05, 3.63) is 102 Å². The minimum atomic E-state index is 0.241. The van der Waals surface area contributed by atoms with Crippen molar-refractivity contribution < 1.29 is 4.42 Å². The van der Waals surface area contributed by atoms with Gasteiger partial charge in [-0.1, -0.05) is 68.2 Å². The van der Waals surface area contributed by atoms with Gasteiger partial charge in [-0.2, -0.15) is 0 Å². The molecule has 2 unspecified atom stereocenters. The van der Waals surface area contributed by atoms with Crippen molar-refractivity contribution >= 4 is 36.3 Å². The van der Waals surface area contributed by atoms with Crippen LogP contribution in [0.2, 0.25) is 0 Å². The number of allylic oxidation sites excluding steroid dienone is 10. The van der Waals surface area contributed by atoms with Crippen LogP contribution in [0, 0.1) is 11.8 Å². The Balaban J connectivity index is 2.34. The summed E-state index contributed by atoms with van der Waals surface area (Å²) < 4.78 is 6.44. The summed E-state index contributed by atoms with van der Waals surface area (Å²) in [4.78, 5) is 9.52. The summed E-state index contributed by atoms with van der Waals surface area (Å²) in [6.07, 6.45) is 26.4. The molecule has 1 aliphatic carbocycles. The third-order valence-electron chi connectivity index (χ3n) is 5.97. The molecule has 0 saturated carbocycles. The molecule has 3 rings (SSSR count). The molecule has 2 atom stereocenters. The summed E-state index contributed by atoms with van der Waals surface area (Å²) in [7, 11) is 5.83. The van der Waals surface area contributed by atoms with E-state index in [0.717, 1.165) is 45.8 Å². The molecule has 4 heteroatoms. The average Bonchev–Trinajstić information content (AvgIpc) is 3.23. The van der Waals surface area contributed by atoms with Crippen LogP contribution in [0.15, 0.2) is 95.1 Å². The second kappa shape index (κ2) is 12.7. The molecule has 0 bridgehead atoms. The zero-order valence-electron chi connectivity index (χ0n) is 20.4. The molecule has 0 aromatic carbocycles. The number of hydrogen-bond donors (Lipinski definition) is 0. The highest BCUT2D eigenvalue weighted by Gasteiger charge is 2.29. The van der Waals surface area contributed by atoms with Gasteiger partial charge in [0.05, 0.1) is 13.6 Å². The van der Waals surface area contributed by atoms with Gasteiger partial charge in [0.25, 0.3) is 0 Å². The minimum Gasteiger partial charge on any atom is -0.437 e. The fraction of sp³-hybridized carbons (Fsp3) is 0.267. The number of rotatable bonds is 10. The van der Waals surface area contributed by atoms with Gasteiger partial charge in [0.1, 0.15) is 5.42 Å². The maximum Gasteiger partial charge on any atom is 0.227 e. The Morgan fingerprint density at radius 2 is 2.06 bits per heavy atom. The van der Waals surface area contributed by atoms with Crippen molar-refractivity contribution in [1.82, 2.24) is 4.98 Å². The van der Waals surface area contributed by atoms with Crippen LogP contribution in [0.25, 0.3) is 22.7 Å². The summed E-state index contributed by atoms with van der Waals surface area (Å²) in [6, 6.07) is 4.04. The second-order valence-electron chi connectivity index (χ2n) is 8.12. The summed E-state index contributed by atoms with van der Waals surface area (Å²) in [5.74, 6) is 0.608. The highest BCUT2D eigenvalue weighted by atomic mass is 16.3. The van der Waals surface area contributed by atoms with Crippen molar-refractivity contribution in [3.8, 4) is 0 Å². The third-order valence-corrected chi connectivity index (χ3v) is 5.97. The van der Waals surface area contributed by atoms with E-state index in [0.29, 0.717) is 18.0 Å². The molecule has 0 amide bonds. The van der Waals surface area contributed by atoms with Crippen LogP contribution in [-0.4, -0.2) is 18.5 Å². The number of nitrogens with zero attached hydrogens (tertiary/aromatic N) is 2. The van der Waals surface area contributed by atoms with Gasteiger partial charge in [0.15, 0.2) is 0 Å². The zero-order chi connectivity index (χ0) is 24.3. The molecule has 2 radical (unpaired) electrons. The first-order valence-corrected chi connectivity index (χ1v) is 12.0. The highest BCUT2D eigenvalue weighted by Crippen LogP contribution is 2.32. The molecule has 172 valence electrons. The van der Waals surface area contributed by atoms with Gasteiger partial charge in [-0.15, -0.1) is 0 Å². The van der Waals surface area contributed by atoms with Gasteiger partial charge < -0.3 is 4.42 Å². The Morgan fingerprint density at radius 3 is 2.76 bits per heavy atom. The first kappa shape index (κ1) is 25.2. The lowest BCUT2D eigenvalue weighted by Crippen LogP contribution is -2.35. The van der Waals surface area contributed by atoms with Crippen molar-refractivity contribution in [2.75, 3.05) is 0 Å². The lowest BCUT2D eigenvalue weighted by molar-refractivity contribution is 0.470. The standard InChI is InChI=1S/C30H33BN2O/c1-5-9-11-12-15-27(32-20-13-10-6-2)28-24(22(8-4)14-7-3)18-19-25-26-17-16-23(21-31)33-30(26)34-29(25)28/h5-7,9-17,19-20,22,24H,1,8,18,21H2,2-4H3/b10-6-,11-9+,14-7?,15-12+,20-13-,32-27+. The van der Waals surface area contributed by atoms with E-state index in [9.17, 15) is 0 Å². The van der Waals surface area contributed by atoms with Gasteiger partial charge in [0.2, 0.25) is 5.71 Å². The van der Waals surface area contributed by atoms with Crippen LogP contribution in [0.1, 0.15) is 39.3 Å². The predicted molar refractivity (Wildman–Crippen MR) is 147 cm³/mol. The molecular weight excluding hydrogens is 415 g/mol. The van der Waals surface area contributed by atoms with E-state index in [1.54, 1.807) is 6.08 Å². The van der Waals surface area contributed by atoms with Gasteiger partial charge in [-0.05, 0) is 69.1 Å². The van der Waals surface area contributed by atoms with Crippen LogP contribution in [0.5, 0.6) is 0 Å². The van der Waals surface area contributed by atoms with E-state index in [1.807, 2.05) is 61.7 Å². The third kappa shape index (κ3) is 5.74. The lowest BCUT2D eigenvalue weighted by atomic mass is 9.77. The highest BCUT2D eigenvalue weighted by molar-refractivity contribution is 6.25. The fourth-order valence-electron chi connectivity index (χ4n) is 4.36. The summed E-state index contributed by atoms with van der Waals surface area (Å²) in [5.41, 5.74) is 4.29. The van der Waals surface area contributed by atoms with Gasteiger partial charge in [-0.3, -0.25) is 4.99 Å². The van der Waals surface area contributed by atoms with Gasteiger partial charge >= 0.3 is 0 Å². The summed E-state index contributed by atoms with van der Waals surface area (Å²) >= 11 is 0. The first-order valence-electron chi connectivity index (χ1n) is 12.0. The van der Waals surface area contributed by atoms with Crippen LogP contribution < -0.4 is 10.6 Å². The number of aromatic nitrogens is 1. The minimum absolute atomic E-state index is 0.241. The normalized spacial score (nSPS) is 18.1. The summed E-state index contributed by atoms with van der Waals surface area (Å²) in [5, 5.41) is 2.11. The molecule has 2 heterocycles. The van der Waals surface area contributed by atoms with Crippen molar-refractivity contribution in [1.29, 1.82) is 0 Å². The van der Waals surface area contributed by atoms with Crippen LogP contribution in [0.3, 0.4) is 0 Å². The average molecular weight is 448 g/mol. The predicted octanol–water partition coefficient (Wildman–Crippen LogP) is 5.88. The van der Waals surface area contributed by atoms with Crippen molar-refractivity contribution in [3.63, 3.8) is 0 Å². The lowest BCUT2D eigenvalue weighted by Gasteiger charge is -2.27. The van der Waals surface area contributed by atoms with E-state index in [2.05, 4.69) is 49.7 Å². The monoisotopic (exact) mass is 448 g/mol. The van der Waals surface area contributed by atoms with Crippen molar-refractivity contribution in [2.24, 2.45) is 16.8 Å². The maximum absolute atomic E-state index is 6.44. The molecule has 2 aromatic heterocycles. The molecule has 1 aliphatic rings. The van der Waals surface area contributed by atoms with E-state index in [4.69, 9.17) is 17.3 Å². The van der Waals surface area contributed by atoms with Crippen LogP contribution in [-0.2, 0) is 6.32 Å². The molecule has 34 heavy (non-hydrogen) atoms. The van der Waals surface area contributed by atoms with Gasteiger partial charge in [0, 0.05) is 28.1 Å². The molecule has 0 aliphatic heterocycles. The number of furan rings is 1. The number of fused-ring (bicyclic) bond motifs is 3. The quantitative estimate of drug-likeness (QED) is 0.197. The van der Waals surface area contributed by atoms with E-state index < -0.39 is 0 Å². The molecule has 3 nitrogen and oxygen atoms in total. The maximum atomic E-state index is 6.44. The fourth-order valence-corrected chi connectivity index (χ4v) is 4.36. The number of pyridine rings is 1. The molecule has 0 N–H and O–H groups in total. The molecular formula is C30H33BN2O. The largest absolute Gasteiger partial charge is 0.437 e. The Kier molecular flexibility index (Phi) is 9.45. The van der Waals surface area contributed by atoms with E-state index in [-0.39, 0.29) is 5.92 Å². The Morgan fingerprint density at radius 1 is 1.21 bits per heavy atom. The Bertz CT molecular complexity index is 1300. The summed E-state index contributed by atoms with van der Waals surface area (Å²) in [6.45, 7) is 10.1. The second-order valence-corrected chi connectivity index (χ2v) is 8.12. The van der Waals surface area contributed by atoms with Gasteiger partial charge in [-0.25, -0.2) is 4.98 Å².